The Kier molecular flexibility index (Phi) is 10.6. The van der Waals surface area contributed by atoms with Gasteiger partial charge >= 0.3 is 12.1 Å². The van der Waals surface area contributed by atoms with Gasteiger partial charge in [-0.3, -0.25) is 10.1 Å². The summed E-state index contributed by atoms with van der Waals surface area (Å²) in [5.74, 6) is 0.377. The fraction of sp³-hybridized carbons (Fsp3) is 0.350. The number of hydrogen-bond acceptors (Lipinski definition) is 9. The molecule has 0 aliphatic heterocycles. The van der Waals surface area contributed by atoms with Gasteiger partial charge in [-0.15, -0.1) is 0 Å². The van der Waals surface area contributed by atoms with Gasteiger partial charge in [-0.2, -0.15) is 13.2 Å². The minimum absolute atomic E-state index is 0.0467. The van der Waals surface area contributed by atoms with Gasteiger partial charge in [0.25, 0.3) is 5.69 Å². The maximum atomic E-state index is 12.8. The summed E-state index contributed by atoms with van der Waals surface area (Å²) >= 11 is 5.90. The summed E-state index contributed by atoms with van der Waals surface area (Å²) in [6, 6.07) is 5.21. The number of alkyl halides is 3. The monoisotopic (exact) mass is 540 g/mol. The van der Waals surface area contributed by atoms with Gasteiger partial charge in [-0.1, -0.05) is 33.2 Å². The molecule has 0 radical (unpaired) electrons. The van der Waals surface area contributed by atoms with Crippen molar-refractivity contribution in [2.75, 3.05) is 30.0 Å². The van der Waals surface area contributed by atoms with Gasteiger partial charge in [0.15, 0.2) is 0 Å². The lowest BCUT2D eigenvalue weighted by Crippen LogP contribution is -2.29. The molecule has 0 heterocycles. The van der Waals surface area contributed by atoms with E-state index in [1.165, 1.54) is 40.6 Å². The van der Waals surface area contributed by atoms with Crippen molar-refractivity contribution in [1.82, 2.24) is 0 Å². The van der Waals surface area contributed by atoms with Crippen LogP contribution in [-0.4, -0.2) is 46.8 Å². The molecule has 0 fully saturated rings. The number of aliphatic hydroxyl groups is 1. The highest BCUT2D eigenvalue weighted by atomic mass is 35.5. The Morgan fingerprint density at radius 3 is 2.56 bits per heavy atom. The van der Waals surface area contributed by atoms with Crippen molar-refractivity contribution in [1.29, 1.82) is 0 Å². The van der Waals surface area contributed by atoms with E-state index in [1.54, 1.807) is 0 Å². The third-order valence-corrected chi connectivity index (χ3v) is 6.69. The van der Waals surface area contributed by atoms with E-state index in [0.29, 0.717) is 17.6 Å². The Labute approximate surface area is 205 Å². The van der Waals surface area contributed by atoms with Crippen LogP contribution >= 0.6 is 33.2 Å². The predicted molar refractivity (Wildman–Crippen MR) is 126 cm³/mol. The lowest BCUT2D eigenvalue weighted by molar-refractivity contribution is -0.384. The van der Waals surface area contributed by atoms with E-state index in [1.807, 2.05) is 0 Å². The molecule has 2 N–H and O–H groups in total. The molecule has 0 bridgehead atoms. The lowest BCUT2D eigenvalue weighted by Gasteiger charge is -2.16. The van der Waals surface area contributed by atoms with Gasteiger partial charge in [-0.05, 0) is 31.2 Å². The van der Waals surface area contributed by atoms with Crippen molar-refractivity contribution in [2.45, 2.75) is 19.1 Å². The van der Waals surface area contributed by atoms with Crippen molar-refractivity contribution in [3.63, 3.8) is 0 Å². The number of rotatable bonds is 12. The highest BCUT2D eigenvalue weighted by Gasteiger charge is 2.31. The summed E-state index contributed by atoms with van der Waals surface area (Å²) in [6.07, 6.45) is -4.58. The van der Waals surface area contributed by atoms with E-state index in [0.717, 1.165) is 18.2 Å². The molecule has 8 nitrogen and oxygen atoms in total. The van der Waals surface area contributed by atoms with Gasteiger partial charge in [0.1, 0.15) is 29.8 Å². The topological polar surface area (TPSA) is 111 Å². The maximum Gasteiger partial charge on any atom is 0.416 e. The molecule has 34 heavy (non-hydrogen) atoms. The number of nitro benzene ring substituents is 1. The molecular weight excluding hydrogens is 521 g/mol. The number of nitro groups is 1. The normalized spacial score (nSPS) is 12.2. The van der Waals surface area contributed by atoms with Crippen molar-refractivity contribution < 1.29 is 37.5 Å². The highest BCUT2D eigenvalue weighted by molar-refractivity contribution is 8.76. The molecule has 0 amide bonds. The second-order valence-corrected chi connectivity index (χ2v) is 9.69. The van der Waals surface area contributed by atoms with Crippen LogP contribution in [0.3, 0.4) is 0 Å². The number of nitrogens with one attached hydrogen (secondary N) is 1. The first kappa shape index (κ1) is 27.9. The number of carbonyl (C=O) groups excluding carboxylic acids is 1. The first-order chi connectivity index (χ1) is 16.0. The molecule has 0 spiro atoms. The summed E-state index contributed by atoms with van der Waals surface area (Å²) in [5, 5.41) is 22.5. The van der Waals surface area contributed by atoms with Gasteiger partial charge in [0.05, 0.1) is 22.1 Å². The molecule has 2 aromatic rings. The quantitative estimate of drug-likeness (QED) is 0.114. The second-order valence-electron chi connectivity index (χ2n) is 6.58. The zero-order valence-corrected chi connectivity index (χ0v) is 20.0. The molecule has 1 atom stereocenters. The van der Waals surface area contributed by atoms with Crippen LogP contribution < -0.4 is 10.1 Å². The van der Waals surface area contributed by atoms with Crippen LogP contribution in [-0.2, 0) is 15.7 Å². The van der Waals surface area contributed by atoms with Crippen molar-refractivity contribution >= 4 is 50.5 Å². The Bertz CT molecular complexity index is 1010. The summed E-state index contributed by atoms with van der Waals surface area (Å²) in [7, 11) is 2.86. The summed E-state index contributed by atoms with van der Waals surface area (Å²) < 4.78 is 49.1. The second kappa shape index (κ2) is 12.9. The summed E-state index contributed by atoms with van der Waals surface area (Å²) in [6.45, 7) is 1.62. The Morgan fingerprint density at radius 2 is 1.94 bits per heavy atom. The first-order valence-electron chi connectivity index (χ1n) is 9.64. The van der Waals surface area contributed by atoms with Crippen molar-refractivity contribution in [3.8, 4) is 11.5 Å². The molecule has 0 aliphatic carbocycles. The summed E-state index contributed by atoms with van der Waals surface area (Å²) in [5.41, 5.74) is -1.35. The minimum Gasteiger partial charge on any atom is -0.463 e. The number of halogens is 4. The van der Waals surface area contributed by atoms with Crippen LogP contribution in [0.15, 0.2) is 36.4 Å². The molecule has 2 aromatic carbocycles. The maximum absolute atomic E-state index is 12.8. The largest absolute Gasteiger partial charge is 0.463 e. The van der Waals surface area contributed by atoms with E-state index in [9.17, 15) is 28.1 Å². The Morgan fingerprint density at radius 1 is 1.24 bits per heavy atom. The van der Waals surface area contributed by atoms with E-state index in [-0.39, 0.29) is 41.1 Å². The van der Waals surface area contributed by atoms with Crippen LogP contribution in [0, 0.1) is 10.1 Å². The molecule has 2 rings (SSSR count). The number of nitrogens with zero attached hydrogens (tertiary/aromatic N) is 1. The Hall–Kier alpha value is -2.35. The molecule has 0 saturated heterocycles. The Balaban J connectivity index is 2.10. The standard InChI is InChI=1S/C20H20ClF3N2O6S2/c1-12(19(28)31-7-9-34-33-8-6-27)25-16-11-14(3-4-17(16)26(29)30)32-18-5-2-13(10-15(18)21)20(22,23)24/h2-5,10-12,25,27H,6-9H2,1H3. The SMILES string of the molecule is CC(Nc1cc(Oc2ccc(C(F)(F)F)cc2Cl)ccc1[N+](=O)[O-])C(=O)OCCSSCCO. The number of hydrogen-bond donors (Lipinski definition) is 2. The van der Waals surface area contributed by atoms with E-state index < -0.39 is 28.7 Å². The van der Waals surface area contributed by atoms with Crippen LogP contribution in [0.1, 0.15) is 12.5 Å². The number of carbonyl (C=O) groups is 1. The fourth-order valence-corrected chi connectivity index (χ4v) is 4.30. The molecule has 0 aromatic heterocycles. The predicted octanol–water partition coefficient (Wildman–Crippen LogP) is 5.78. The lowest BCUT2D eigenvalue weighted by atomic mass is 10.2. The number of ether oxygens (including phenoxy) is 2. The third-order valence-electron chi connectivity index (χ3n) is 4.05. The van der Waals surface area contributed by atoms with Crippen molar-refractivity contribution in [3.05, 3.63) is 57.1 Å². The van der Waals surface area contributed by atoms with E-state index in [4.69, 9.17) is 26.2 Å². The highest BCUT2D eigenvalue weighted by Crippen LogP contribution is 2.38. The zero-order valence-electron chi connectivity index (χ0n) is 17.6. The van der Waals surface area contributed by atoms with Crippen molar-refractivity contribution in [2.24, 2.45) is 0 Å². The molecular formula is C20H20ClF3N2O6S2. The molecule has 186 valence electrons. The average Bonchev–Trinajstić information content (AvgIpc) is 2.76. The first-order valence-corrected chi connectivity index (χ1v) is 12.5. The van der Waals surface area contributed by atoms with Gasteiger partial charge in [-0.25, -0.2) is 4.79 Å². The number of aliphatic hydroxyl groups excluding tert-OH is 1. The summed E-state index contributed by atoms with van der Waals surface area (Å²) in [4.78, 5) is 22.9. The van der Waals surface area contributed by atoms with Crippen LogP contribution in [0.4, 0.5) is 24.5 Å². The zero-order chi connectivity index (χ0) is 25.3. The smallest absolute Gasteiger partial charge is 0.416 e. The van der Waals surface area contributed by atoms with Gasteiger partial charge in [0, 0.05) is 23.6 Å². The third kappa shape index (κ3) is 8.46. The van der Waals surface area contributed by atoms with E-state index >= 15 is 0 Å². The van der Waals surface area contributed by atoms with Crippen LogP contribution in [0.2, 0.25) is 5.02 Å². The molecule has 1 unspecified atom stereocenters. The van der Waals surface area contributed by atoms with Gasteiger partial charge in [0.2, 0.25) is 0 Å². The number of benzene rings is 2. The fourth-order valence-electron chi connectivity index (χ4n) is 2.49. The number of anilines is 1. The molecule has 0 aliphatic rings. The molecule has 14 heteroatoms. The average molecular weight is 541 g/mol. The molecule has 0 saturated carbocycles. The number of esters is 1. The van der Waals surface area contributed by atoms with Crippen LogP contribution in [0.25, 0.3) is 0 Å². The minimum atomic E-state index is -4.58. The van der Waals surface area contributed by atoms with E-state index in [2.05, 4.69) is 5.32 Å². The van der Waals surface area contributed by atoms with Crippen LogP contribution in [0.5, 0.6) is 11.5 Å². The van der Waals surface area contributed by atoms with Gasteiger partial charge < -0.3 is 19.9 Å².